The summed E-state index contributed by atoms with van der Waals surface area (Å²) in [7, 11) is 0. The van der Waals surface area contributed by atoms with E-state index in [0.29, 0.717) is 0 Å². The molecule has 4 N–H and O–H groups in total. The summed E-state index contributed by atoms with van der Waals surface area (Å²) < 4.78 is 0. The van der Waals surface area contributed by atoms with Crippen LogP contribution in [-0.4, -0.2) is 20.4 Å². The third-order valence-electron chi connectivity index (χ3n) is 6.87. The van der Waals surface area contributed by atoms with Crippen LogP contribution in [0.2, 0.25) is 0 Å². The monoisotopic (exact) mass is 470 g/mol. The molecule has 0 unspecified atom stereocenters. The molecule has 0 aromatic heterocycles. The molecule has 0 saturated heterocycles. The summed E-state index contributed by atoms with van der Waals surface area (Å²) in [5.74, 6) is 1.10. The van der Waals surface area contributed by atoms with E-state index in [4.69, 9.17) is 0 Å². The van der Waals surface area contributed by atoms with Gasteiger partial charge in [0.2, 0.25) is 0 Å². The molecule has 4 aromatic carbocycles. The zero-order valence-electron chi connectivity index (χ0n) is 20.7. The number of aromatic hydroxyl groups is 4. The van der Waals surface area contributed by atoms with E-state index in [1.807, 2.05) is 48.5 Å². The van der Waals surface area contributed by atoms with E-state index in [1.54, 1.807) is 48.5 Å². The van der Waals surface area contributed by atoms with E-state index in [0.717, 1.165) is 28.7 Å². The van der Waals surface area contributed by atoms with Crippen LogP contribution in [0.1, 0.15) is 56.4 Å². The van der Waals surface area contributed by atoms with Gasteiger partial charge < -0.3 is 20.4 Å². The standard InChI is InChI=1S/C16H18O2.C15H16O2/c1-3-16(2,12-4-8-14(17)9-5-12)13-6-10-15(18)11-7-13;1-15(2,11-6-8-13(16)9-7-11)12-4-3-5-14(17)10-12/h4-11,17-18H,3H2,1-2H3;3-10,16-17H,1-2H3. The van der Waals surface area contributed by atoms with Crippen LogP contribution >= 0.6 is 0 Å². The van der Waals surface area contributed by atoms with Crippen LogP contribution in [0.25, 0.3) is 0 Å². The third kappa shape index (κ3) is 5.96. The Kier molecular flexibility index (Phi) is 7.75. The van der Waals surface area contributed by atoms with Crippen LogP contribution in [0.4, 0.5) is 0 Å². The fourth-order valence-corrected chi connectivity index (χ4v) is 4.17. The van der Waals surface area contributed by atoms with Crippen molar-refractivity contribution in [2.24, 2.45) is 0 Å². The second kappa shape index (κ2) is 10.6. The molecule has 4 aromatic rings. The maximum Gasteiger partial charge on any atom is 0.115 e. The Morgan fingerprint density at radius 2 is 0.886 bits per heavy atom. The highest BCUT2D eigenvalue weighted by Crippen LogP contribution is 2.36. The normalized spacial score (nSPS) is 11.4. The van der Waals surface area contributed by atoms with Crippen molar-refractivity contribution in [1.29, 1.82) is 0 Å². The van der Waals surface area contributed by atoms with Gasteiger partial charge >= 0.3 is 0 Å². The summed E-state index contributed by atoms with van der Waals surface area (Å²) in [4.78, 5) is 0. The minimum absolute atomic E-state index is 0.110. The van der Waals surface area contributed by atoms with Gasteiger partial charge in [0.1, 0.15) is 23.0 Å². The van der Waals surface area contributed by atoms with E-state index >= 15 is 0 Å². The first-order valence-electron chi connectivity index (χ1n) is 11.7. The Bertz CT molecular complexity index is 1180. The molecule has 0 amide bonds. The molecule has 0 aliphatic heterocycles. The van der Waals surface area contributed by atoms with Gasteiger partial charge in [-0.15, -0.1) is 0 Å². The molecule has 0 spiro atoms. The van der Waals surface area contributed by atoms with E-state index in [2.05, 4.69) is 27.7 Å². The van der Waals surface area contributed by atoms with Gasteiger partial charge in [-0.3, -0.25) is 0 Å². The predicted molar refractivity (Wildman–Crippen MR) is 141 cm³/mol. The third-order valence-corrected chi connectivity index (χ3v) is 6.87. The molecule has 0 aliphatic rings. The van der Waals surface area contributed by atoms with Gasteiger partial charge in [0.15, 0.2) is 0 Å². The number of hydrogen-bond acceptors (Lipinski definition) is 4. The summed E-state index contributed by atoms with van der Waals surface area (Å²) in [6.07, 6.45) is 0.947. The second-order valence-corrected chi connectivity index (χ2v) is 9.50. The highest BCUT2D eigenvalue weighted by atomic mass is 16.3. The van der Waals surface area contributed by atoms with E-state index in [9.17, 15) is 20.4 Å². The highest BCUT2D eigenvalue weighted by molar-refractivity contribution is 5.43. The van der Waals surface area contributed by atoms with E-state index in [-0.39, 0.29) is 33.8 Å². The lowest BCUT2D eigenvalue weighted by Gasteiger charge is -2.29. The van der Waals surface area contributed by atoms with Crippen molar-refractivity contribution in [3.05, 3.63) is 119 Å². The maximum absolute atomic E-state index is 9.53. The van der Waals surface area contributed by atoms with Crippen molar-refractivity contribution < 1.29 is 20.4 Å². The first-order chi connectivity index (χ1) is 16.6. The molecule has 4 nitrogen and oxygen atoms in total. The van der Waals surface area contributed by atoms with E-state index < -0.39 is 0 Å². The molecule has 4 heteroatoms. The molecule has 0 saturated carbocycles. The lowest BCUT2D eigenvalue weighted by atomic mass is 9.74. The zero-order valence-corrected chi connectivity index (χ0v) is 20.7. The molecule has 35 heavy (non-hydrogen) atoms. The maximum atomic E-state index is 9.53. The lowest BCUT2D eigenvalue weighted by molar-refractivity contribution is 0.471. The summed E-state index contributed by atoms with van der Waals surface area (Å²) in [5, 5.41) is 37.6. The first kappa shape index (κ1) is 25.7. The van der Waals surface area contributed by atoms with Crippen LogP contribution in [0, 0.1) is 0 Å². The van der Waals surface area contributed by atoms with Crippen LogP contribution in [0.15, 0.2) is 97.1 Å². The van der Waals surface area contributed by atoms with Gasteiger partial charge in [-0.05, 0) is 77.2 Å². The quantitative estimate of drug-likeness (QED) is 0.248. The van der Waals surface area contributed by atoms with Crippen LogP contribution in [-0.2, 0) is 10.8 Å². The van der Waals surface area contributed by atoms with Crippen molar-refractivity contribution in [2.75, 3.05) is 0 Å². The highest BCUT2D eigenvalue weighted by Gasteiger charge is 2.27. The molecule has 0 bridgehead atoms. The molecular formula is C31H34O4. The van der Waals surface area contributed by atoms with Gasteiger partial charge in [0.05, 0.1) is 0 Å². The molecule has 0 atom stereocenters. The number of rotatable bonds is 5. The second-order valence-electron chi connectivity index (χ2n) is 9.50. The first-order valence-corrected chi connectivity index (χ1v) is 11.7. The Morgan fingerprint density at radius 3 is 1.26 bits per heavy atom. The number of benzene rings is 4. The minimum Gasteiger partial charge on any atom is -0.508 e. The van der Waals surface area contributed by atoms with Gasteiger partial charge in [-0.2, -0.15) is 0 Å². The van der Waals surface area contributed by atoms with Crippen LogP contribution < -0.4 is 0 Å². The summed E-state index contributed by atoms with van der Waals surface area (Å²) in [6, 6.07) is 29.1. The number of phenolic OH excluding ortho intramolecular Hbond substituents is 4. The van der Waals surface area contributed by atoms with Crippen molar-refractivity contribution in [1.82, 2.24) is 0 Å². The van der Waals surface area contributed by atoms with E-state index in [1.165, 1.54) is 0 Å². The molecule has 4 rings (SSSR count). The van der Waals surface area contributed by atoms with Gasteiger partial charge in [-0.25, -0.2) is 0 Å². The average molecular weight is 471 g/mol. The summed E-state index contributed by atoms with van der Waals surface area (Å²) >= 11 is 0. The Balaban J connectivity index is 0.000000196. The number of phenols is 4. The molecule has 0 heterocycles. The van der Waals surface area contributed by atoms with Gasteiger partial charge in [0.25, 0.3) is 0 Å². The largest absolute Gasteiger partial charge is 0.508 e. The van der Waals surface area contributed by atoms with Gasteiger partial charge in [0, 0.05) is 10.8 Å². The molecule has 0 aliphatic carbocycles. The van der Waals surface area contributed by atoms with Crippen LogP contribution in [0.5, 0.6) is 23.0 Å². The summed E-state index contributed by atoms with van der Waals surface area (Å²) in [5.41, 5.74) is 4.15. The summed E-state index contributed by atoms with van der Waals surface area (Å²) in [6.45, 7) is 8.49. The topological polar surface area (TPSA) is 80.9 Å². The van der Waals surface area contributed by atoms with Crippen molar-refractivity contribution >= 4 is 0 Å². The smallest absolute Gasteiger partial charge is 0.115 e. The molecular weight excluding hydrogens is 436 g/mol. The average Bonchev–Trinajstić information content (AvgIpc) is 2.85. The molecule has 182 valence electrons. The Labute approximate surface area is 207 Å². The van der Waals surface area contributed by atoms with Crippen LogP contribution in [0.3, 0.4) is 0 Å². The number of hydrogen-bond donors (Lipinski definition) is 4. The van der Waals surface area contributed by atoms with Gasteiger partial charge in [-0.1, -0.05) is 76.2 Å². The zero-order chi connectivity index (χ0) is 25.6. The molecule has 0 fully saturated rings. The minimum atomic E-state index is -0.202. The molecule has 0 radical (unpaired) electrons. The van der Waals surface area contributed by atoms with Crippen molar-refractivity contribution in [3.63, 3.8) is 0 Å². The SMILES string of the molecule is CC(C)(c1ccc(O)cc1)c1cccc(O)c1.CCC(C)(c1ccc(O)cc1)c1ccc(O)cc1. The fraction of sp³-hybridized carbons (Fsp3) is 0.226. The Morgan fingerprint density at radius 1 is 0.486 bits per heavy atom. The fourth-order valence-electron chi connectivity index (χ4n) is 4.17. The lowest BCUT2D eigenvalue weighted by Crippen LogP contribution is -2.22. The van der Waals surface area contributed by atoms with Crippen molar-refractivity contribution in [3.8, 4) is 23.0 Å². The van der Waals surface area contributed by atoms with Crippen molar-refractivity contribution in [2.45, 2.75) is 44.9 Å². The predicted octanol–water partition coefficient (Wildman–Crippen LogP) is 7.24. The Hall–Kier alpha value is -3.92.